The standard InChI is InChI=1S/C14H15N5O2/c1-9-4-3-5-11(8-9)19-10(2)13(15-17-19)14(21)18-7-6-12(20)16-18/h3-5,8H,6-7H2,1-2H3,(H,16,20). The number of carbonyl (C=O) groups is 2. The van der Waals surface area contributed by atoms with Gasteiger partial charge in [-0.1, -0.05) is 17.3 Å². The van der Waals surface area contributed by atoms with Crippen molar-refractivity contribution in [3.8, 4) is 5.69 Å². The highest BCUT2D eigenvalue weighted by Crippen LogP contribution is 2.15. The number of benzene rings is 1. The van der Waals surface area contributed by atoms with Gasteiger partial charge in [0.2, 0.25) is 5.91 Å². The van der Waals surface area contributed by atoms with Gasteiger partial charge in [-0.25, -0.2) is 9.69 Å². The third-order valence-electron chi connectivity index (χ3n) is 3.41. The molecule has 1 aliphatic heterocycles. The number of nitrogens with one attached hydrogen (secondary N) is 1. The topological polar surface area (TPSA) is 80.1 Å². The predicted octanol–water partition coefficient (Wildman–Crippen LogP) is 0.761. The molecule has 1 aromatic heterocycles. The average molecular weight is 285 g/mol. The van der Waals surface area contributed by atoms with Gasteiger partial charge in [0.1, 0.15) is 0 Å². The summed E-state index contributed by atoms with van der Waals surface area (Å²) in [5.41, 5.74) is 5.35. The van der Waals surface area contributed by atoms with Gasteiger partial charge in [-0.3, -0.25) is 15.0 Å². The Morgan fingerprint density at radius 3 is 2.81 bits per heavy atom. The Morgan fingerprint density at radius 1 is 1.33 bits per heavy atom. The number of hydrogen-bond acceptors (Lipinski definition) is 4. The van der Waals surface area contributed by atoms with E-state index in [0.29, 0.717) is 18.7 Å². The van der Waals surface area contributed by atoms with Gasteiger partial charge in [0.05, 0.1) is 17.9 Å². The number of aromatic nitrogens is 3. The summed E-state index contributed by atoms with van der Waals surface area (Å²) < 4.78 is 1.62. The molecule has 1 aliphatic rings. The SMILES string of the molecule is Cc1cccc(-n2nnc(C(=O)N3CCC(=O)N3)c2C)c1. The van der Waals surface area contributed by atoms with Crippen molar-refractivity contribution in [1.82, 2.24) is 25.4 Å². The lowest BCUT2D eigenvalue weighted by Crippen LogP contribution is -2.39. The fourth-order valence-electron chi connectivity index (χ4n) is 2.29. The first-order valence-corrected chi connectivity index (χ1v) is 6.67. The van der Waals surface area contributed by atoms with Crippen LogP contribution in [-0.4, -0.2) is 38.4 Å². The molecule has 7 nitrogen and oxygen atoms in total. The Bertz CT molecular complexity index is 722. The minimum Gasteiger partial charge on any atom is -0.273 e. The van der Waals surface area contributed by atoms with Crippen molar-refractivity contribution in [2.45, 2.75) is 20.3 Å². The fraction of sp³-hybridized carbons (Fsp3) is 0.286. The molecule has 0 bridgehead atoms. The number of rotatable bonds is 2. The number of carbonyl (C=O) groups excluding carboxylic acids is 2. The summed E-state index contributed by atoms with van der Waals surface area (Å²) in [4.78, 5) is 23.5. The van der Waals surface area contributed by atoms with E-state index in [0.717, 1.165) is 11.3 Å². The minimum atomic E-state index is -0.336. The molecule has 0 saturated carbocycles. The smallest absolute Gasteiger partial charge is 0.273 e. The first kappa shape index (κ1) is 13.3. The van der Waals surface area contributed by atoms with Crippen molar-refractivity contribution < 1.29 is 9.59 Å². The van der Waals surface area contributed by atoms with Gasteiger partial charge in [-0.05, 0) is 31.5 Å². The molecular formula is C14H15N5O2. The molecule has 0 unspecified atom stereocenters. The van der Waals surface area contributed by atoms with E-state index in [-0.39, 0.29) is 17.5 Å². The van der Waals surface area contributed by atoms with Gasteiger partial charge in [-0.2, -0.15) is 0 Å². The van der Waals surface area contributed by atoms with Crippen LogP contribution in [0.1, 0.15) is 28.2 Å². The Balaban J connectivity index is 1.92. The molecule has 2 amide bonds. The van der Waals surface area contributed by atoms with Crippen LogP contribution < -0.4 is 5.43 Å². The van der Waals surface area contributed by atoms with Crippen molar-refractivity contribution in [3.05, 3.63) is 41.2 Å². The Labute approximate surface area is 121 Å². The second kappa shape index (κ2) is 5.01. The molecule has 1 N–H and O–H groups in total. The molecule has 1 saturated heterocycles. The Kier molecular flexibility index (Phi) is 3.17. The molecule has 21 heavy (non-hydrogen) atoms. The van der Waals surface area contributed by atoms with E-state index in [1.165, 1.54) is 5.01 Å². The van der Waals surface area contributed by atoms with Gasteiger partial charge in [0, 0.05) is 6.42 Å². The minimum absolute atomic E-state index is 0.160. The highest BCUT2D eigenvalue weighted by molar-refractivity contribution is 5.96. The summed E-state index contributed by atoms with van der Waals surface area (Å²) in [7, 11) is 0. The molecule has 1 aromatic carbocycles. The van der Waals surface area contributed by atoms with E-state index in [9.17, 15) is 9.59 Å². The Hall–Kier alpha value is -2.70. The summed E-state index contributed by atoms with van der Waals surface area (Å²) in [6, 6.07) is 7.78. The number of amides is 2. The number of nitrogens with zero attached hydrogens (tertiary/aromatic N) is 4. The molecule has 0 atom stereocenters. The quantitative estimate of drug-likeness (QED) is 0.883. The number of aryl methyl sites for hydroxylation is 1. The zero-order chi connectivity index (χ0) is 15.0. The van der Waals surface area contributed by atoms with Crippen LogP contribution in [0.15, 0.2) is 24.3 Å². The van der Waals surface area contributed by atoms with E-state index in [4.69, 9.17) is 0 Å². The van der Waals surface area contributed by atoms with E-state index in [1.54, 1.807) is 11.6 Å². The van der Waals surface area contributed by atoms with Gasteiger partial charge in [0.15, 0.2) is 5.69 Å². The summed E-state index contributed by atoms with van der Waals surface area (Å²) in [5.74, 6) is -0.496. The molecule has 0 radical (unpaired) electrons. The molecular weight excluding hydrogens is 270 g/mol. The van der Waals surface area contributed by atoms with E-state index < -0.39 is 0 Å². The van der Waals surface area contributed by atoms with Crippen molar-refractivity contribution >= 4 is 11.8 Å². The van der Waals surface area contributed by atoms with E-state index >= 15 is 0 Å². The lowest BCUT2D eigenvalue weighted by molar-refractivity contribution is -0.120. The highest BCUT2D eigenvalue weighted by Gasteiger charge is 2.28. The van der Waals surface area contributed by atoms with Crippen LogP contribution in [0.25, 0.3) is 5.69 Å². The first-order valence-electron chi connectivity index (χ1n) is 6.67. The number of hydrogen-bond donors (Lipinski definition) is 1. The summed E-state index contributed by atoms with van der Waals surface area (Å²) in [5, 5.41) is 9.28. The van der Waals surface area contributed by atoms with E-state index in [2.05, 4.69) is 15.7 Å². The molecule has 0 aliphatic carbocycles. The van der Waals surface area contributed by atoms with Gasteiger partial charge < -0.3 is 0 Å². The van der Waals surface area contributed by atoms with Crippen LogP contribution in [0.2, 0.25) is 0 Å². The van der Waals surface area contributed by atoms with Gasteiger partial charge in [0.25, 0.3) is 5.91 Å². The zero-order valence-corrected chi connectivity index (χ0v) is 11.8. The lowest BCUT2D eigenvalue weighted by Gasteiger charge is -2.13. The number of hydrazine groups is 1. The lowest BCUT2D eigenvalue weighted by atomic mass is 10.2. The van der Waals surface area contributed by atoms with Crippen LogP contribution in [0.3, 0.4) is 0 Å². The normalized spacial score (nSPS) is 14.4. The van der Waals surface area contributed by atoms with Crippen molar-refractivity contribution in [3.63, 3.8) is 0 Å². The second-order valence-electron chi connectivity index (χ2n) is 5.02. The third kappa shape index (κ3) is 2.37. The molecule has 3 rings (SSSR count). The monoisotopic (exact) mass is 285 g/mol. The van der Waals surface area contributed by atoms with Gasteiger partial charge in [-0.15, -0.1) is 5.10 Å². The average Bonchev–Trinajstić information content (AvgIpc) is 3.04. The maximum absolute atomic E-state index is 12.3. The largest absolute Gasteiger partial charge is 0.294 e. The summed E-state index contributed by atoms with van der Waals surface area (Å²) >= 11 is 0. The highest BCUT2D eigenvalue weighted by atomic mass is 16.2. The van der Waals surface area contributed by atoms with Crippen LogP contribution in [0, 0.1) is 13.8 Å². The molecule has 108 valence electrons. The van der Waals surface area contributed by atoms with Crippen molar-refractivity contribution in [2.24, 2.45) is 0 Å². The van der Waals surface area contributed by atoms with Gasteiger partial charge >= 0.3 is 0 Å². The maximum Gasteiger partial charge on any atom is 0.294 e. The zero-order valence-electron chi connectivity index (χ0n) is 11.8. The first-order chi connectivity index (χ1) is 10.1. The molecule has 2 heterocycles. The van der Waals surface area contributed by atoms with Crippen LogP contribution in [-0.2, 0) is 4.79 Å². The maximum atomic E-state index is 12.3. The molecule has 0 spiro atoms. The van der Waals surface area contributed by atoms with Crippen LogP contribution >= 0.6 is 0 Å². The van der Waals surface area contributed by atoms with E-state index in [1.807, 2.05) is 31.2 Å². The summed E-state index contributed by atoms with van der Waals surface area (Å²) in [6.07, 6.45) is 0.316. The van der Waals surface area contributed by atoms with Crippen LogP contribution in [0.4, 0.5) is 0 Å². The predicted molar refractivity (Wildman–Crippen MR) is 74.6 cm³/mol. The summed E-state index contributed by atoms with van der Waals surface area (Å²) in [6.45, 7) is 4.13. The third-order valence-corrected chi connectivity index (χ3v) is 3.41. The molecule has 7 heteroatoms. The van der Waals surface area contributed by atoms with Crippen LogP contribution in [0.5, 0.6) is 0 Å². The second-order valence-corrected chi connectivity index (χ2v) is 5.02. The van der Waals surface area contributed by atoms with Crippen molar-refractivity contribution in [2.75, 3.05) is 6.54 Å². The van der Waals surface area contributed by atoms with Crippen molar-refractivity contribution in [1.29, 1.82) is 0 Å². The molecule has 1 fully saturated rings. The molecule has 2 aromatic rings. The fourth-order valence-corrected chi connectivity index (χ4v) is 2.29. The Morgan fingerprint density at radius 2 is 2.14 bits per heavy atom.